The van der Waals surface area contributed by atoms with Gasteiger partial charge >= 0.3 is 0 Å². The van der Waals surface area contributed by atoms with Gasteiger partial charge in [-0.05, 0) is 38.4 Å². The molecule has 2 saturated heterocycles. The molecule has 0 N–H and O–H groups in total. The lowest BCUT2D eigenvalue weighted by atomic mass is 10.2. The van der Waals surface area contributed by atoms with Crippen molar-refractivity contribution in [3.8, 4) is 0 Å². The monoisotopic (exact) mass is 345 g/mol. The van der Waals surface area contributed by atoms with Crippen molar-refractivity contribution in [1.82, 2.24) is 14.8 Å². The Morgan fingerprint density at radius 1 is 1.38 bits per heavy atom. The van der Waals surface area contributed by atoms with E-state index >= 15 is 0 Å². The predicted octanol–water partition coefficient (Wildman–Crippen LogP) is 2.68. The Labute approximate surface area is 146 Å². The van der Waals surface area contributed by atoms with Crippen molar-refractivity contribution in [2.45, 2.75) is 31.9 Å². The Hall–Kier alpha value is -1.50. The lowest BCUT2D eigenvalue weighted by Crippen LogP contribution is -2.48. The van der Waals surface area contributed by atoms with Crippen molar-refractivity contribution in [2.24, 2.45) is 0 Å². The third-order valence-electron chi connectivity index (χ3n) is 4.89. The van der Waals surface area contributed by atoms with Gasteiger partial charge in [0, 0.05) is 13.1 Å². The summed E-state index contributed by atoms with van der Waals surface area (Å²) in [5.41, 5.74) is 1.07. The van der Waals surface area contributed by atoms with E-state index in [4.69, 9.17) is 9.72 Å². The van der Waals surface area contributed by atoms with Crippen LogP contribution in [0.15, 0.2) is 24.3 Å². The van der Waals surface area contributed by atoms with Crippen LogP contribution < -0.4 is 0 Å². The van der Waals surface area contributed by atoms with Crippen molar-refractivity contribution < 1.29 is 9.53 Å². The number of hydrogen-bond acceptors (Lipinski definition) is 5. The number of morpholine rings is 1. The van der Waals surface area contributed by atoms with Crippen molar-refractivity contribution in [3.05, 3.63) is 29.3 Å². The van der Waals surface area contributed by atoms with Crippen LogP contribution in [0.2, 0.25) is 0 Å². The van der Waals surface area contributed by atoms with Crippen LogP contribution in [0.5, 0.6) is 0 Å². The molecule has 1 amide bonds. The zero-order valence-electron chi connectivity index (χ0n) is 14.0. The third kappa shape index (κ3) is 3.18. The van der Waals surface area contributed by atoms with Crippen LogP contribution in [0.25, 0.3) is 10.2 Å². The quantitative estimate of drug-likeness (QED) is 0.858. The zero-order chi connectivity index (χ0) is 16.5. The van der Waals surface area contributed by atoms with E-state index in [1.165, 1.54) is 4.70 Å². The molecule has 0 spiro atoms. The minimum atomic E-state index is 0.140. The Kier molecular flexibility index (Phi) is 4.52. The fraction of sp³-hybridized carbons (Fsp3) is 0.556. The molecule has 0 unspecified atom stereocenters. The first-order chi connectivity index (χ1) is 11.7. The summed E-state index contributed by atoms with van der Waals surface area (Å²) in [7, 11) is 0. The first-order valence-electron chi connectivity index (χ1n) is 8.69. The first kappa shape index (κ1) is 16.0. The normalized spacial score (nSPS) is 25.5. The summed E-state index contributed by atoms with van der Waals surface area (Å²) in [6.45, 7) is 5.56. The highest BCUT2D eigenvalue weighted by Crippen LogP contribution is 2.36. The van der Waals surface area contributed by atoms with Crippen molar-refractivity contribution in [1.29, 1.82) is 0 Å². The highest BCUT2D eigenvalue weighted by atomic mass is 32.1. The number of thiazole rings is 1. The number of rotatable bonds is 3. The molecular formula is C18H23N3O2S. The van der Waals surface area contributed by atoms with E-state index in [2.05, 4.69) is 23.1 Å². The number of para-hydroxylation sites is 1. The fourth-order valence-corrected chi connectivity index (χ4v) is 4.78. The molecule has 4 rings (SSSR count). The van der Waals surface area contributed by atoms with Crippen LogP contribution in [-0.4, -0.2) is 59.6 Å². The molecule has 5 nitrogen and oxygen atoms in total. The lowest BCUT2D eigenvalue weighted by molar-refractivity contribution is -0.139. The van der Waals surface area contributed by atoms with E-state index in [9.17, 15) is 4.79 Å². The van der Waals surface area contributed by atoms with Gasteiger partial charge in [-0.3, -0.25) is 9.69 Å². The summed E-state index contributed by atoms with van der Waals surface area (Å²) in [5, 5.41) is 1.15. The van der Waals surface area contributed by atoms with Gasteiger partial charge in [-0.2, -0.15) is 0 Å². The summed E-state index contributed by atoms with van der Waals surface area (Å²) < 4.78 is 6.77. The van der Waals surface area contributed by atoms with Gasteiger partial charge < -0.3 is 9.64 Å². The summed E-state index contributed by atoms with van der Waals surface area (Å²) in [6, 6.07) is 8.55. The minimum Gasteiger partial charge on any atom is -0.375 e. The number of amides is 1. The summed E-state index contributed by atoms with van der Waals surface area (Å²) in [6.07, 6.45) is 2.36. The van der Waals surface area contributed by atoms with E-state index in [0.717, 1.165) is 29.9 Å². The Morgan fingerprint density at radius 2 is 2.25 bits per heavy atom. The zero-order valence-corrected chi connectivity index (χ0v) is 14.8. The summed E-state index contributed by atoms with van der Waals surface area (Å²) in [4.78, 5) is 21.7. The van der Waals surface area contributed by atoms with E-state index in [1.807, 2.05) is 17.9 Å². The second kappa shape index (κ2) is 6.78. The number of ether oxygens (including phenoxy) is 1. The average Bonchev–Trinajstić information content (AvgIpc) is 3.20. The van der Waals surface area contributed by atoms with Crippen LogP contribution >= 0.6 is 11.3 Å². The molecule has 1 aromatic carbocycles. The SMILES string of the molecule is C[C@H]1CN(C(=O)CN2CCC[C@H]2c2nc3ccccc3s2)CCO1. The van der Waals surface area contributed by atoms with Gasteiger partial charge in [0.2, 0.25) is 5.91 Å². The van der Waals surface area contributed by atoms with Gasteiger partial charge in [0.15, 0.2) is 0 Å². The number of hydrogen-bond donors (Lipinski definition) is 0. The van der Waals surface area contributed by atoms with Crippen LogP contribution in [0.4, 0.5) is 0 Å². The van der Waals surface area contributed by atoms with Crippen molar-refractivity contribution in [2.75, 3.05) is 32.8 Å². The molecule has 2 fully saturated rings. The van der Waals surface area contributed by atoms with E-state index in [1.54, 1.807) is 11.3 Å². The van der Waals surface area contributed by atoms with Gasteiger partial charge in [-0.15, -0.1) is 11.3 Å². The second-order valence-corrected chi connectivity index (χ2v) is 7.73. The van der Waals surface area contributed by atoms with Gasteiger partial charge in [0.25, 0.3) is 0 Å². The number of carbonyl (C=O) groups excluding carboxylic acids is 1. The summed E-state index contributed by atoms with van der Waals surface area (Å²) >= 11 is 1.76. The molecule has 2 atom stereocenters. The Morgan fingerprint density at radius 3 is 3.08 bits per heavy atom. The summed E-state index contributed by atoms with van der Waals surface area (Å²) in [5.74, 6) is 0.221. The van der Waals surface area contributed by atoms with Gasteiger partial charge in [-0.25, -0.2) is 4.98 Å². The largest absolute Gasteiger partial charge is 0.375 e. The van der Waals surface area contributed by atoms with Crippen LogP contribution in [-0.2, 0) is 9.53 Å². The predicted molar refractivity (Wildman–Crippen MR) is 95.2 cm³/mol. The number of likely N-dealkylation sites (tertiary alicyclic amines) is 1. The van der Waals surface area contributed by atoms with Crippen molar-refractivity contribution >= 4 is 27.5 Å². The molecule has 0 radical (unpaired) electrons. The molecule has 24 heavy (non-hydrogen) atoms. The number of nitrogens with zero attached hydrogens (tertiary/aromatic N) is 3. The van der Waals surface area contributed by atoms with Crippen LogP contribution in [0, 0.1) is 0 Å². The van der Waals surface area contributed by atoms with E-state index < -0.39 is 0 Å². The average molecular weight is 345 g/mol. The fourth-order valence-electron chi connectivity index (χ4n) is 3.65. The molecule has 2 aromatic rings. The Balaban J connectivity index is 1.47. The van der Waals surface area contributed by atoms with Gasteiger partial charge in [0.05, 0.1) is 35.5 Å². The molecule has 0 saturated carbocycles. The first-order valence-corrected chi connectivity index (χ1v) is 9.51. The molecule has 128 valence electrons. The topological polar surface area (TPSA) is 45.7 Å². The van der Waals surface area contributed by atoms with Crippen LogP contribution in [0.3, 0.4) is 0 Å². The van der Waals surface area contributed by atoms with Gasteiger partial charge in [0.1, 0.15) is 5.01 Å². The number of fused-ring (bicyclic) bond motifs is 1. The van der Waals surface area contributed by atoms with Gasteiger partial charge in [-0.1, -0.05) is 12.1 Å². The maximum Gasteiger partial charge on any atom is 0.236 e. The number of carbonyl (C=O) groups is 1. The Bertz CT molecular complexity index is 699. The van der Waals surface area contributed by atoms with E-state index in [0.29, 0.717) is 26.2 Å². The molecule has 0 bridgehead atoms. The number of benzene rings is 1. The standard InChI is InChI=1S/C18H23N3O2S/c1-13-11-21(9-10-23-13)17(22)12-20-8-4-6-15(20)18-19-14-5-2-3-7-16(14)24-18/h2-3,5,7,13,15H,4,6,8-12H2,1H3/t13-,15-/m0/s1. The smallest absolute Gasteiger partial charge is 0.236 e. The molecule has 2 aliphatic rings. The van der Waals surface area contributed by atoms with Crippen molar-refractivity contribution in [3.63, 3.8) is 0 Å². The number of aromatic nitrogens is 1. The lowest BCUT2D eigenvalue weighted by Gasteiger charge is -2.33. The second-order valence-electron chi connectivity index (χ2n) is 6.67. The molecular weight excluding hydrogens is 322 g/mol. The molecule has 2 aliphatic heterocycles. The maximum atomic E-state index is 12.7. The van der Waals surface area contributed by atoms with Crippen LogP contribution in [0.1, 0.15) is 30.8 Å². The maximum absolute atomic E-state index is 12.7. The van der Waals surface area contributed by atoms with E-state index in [-0.39, 0.29) is 18.1 Å². The highest BCUT2D eigenvalue weighted by Gasteiger charge is 2.32. The molecule has 0 aliphatic carbocycles. The third-order valence-corrected chi connectivity index (χ3v) is 6.03. The molecule has 1 aromatic heterocycles. The highest BCUT2D eigenvalue weighted by molar-refractivity contribution is 7.18. The minimum absolute atomic E-state index is 0.140. The molecule has 3 heterocycles. The molecule has 6 heteroatoms.